The molecule has 0 atom stereocenters. The van der Waals surface area contributed by atoms with Crippen LogP contribution in [0, 0.1) is 6.92 Å². The largest absolute Gasteiger partial charge is 0.354 e. The summed E-state index contributed by atoms with van der Waals surface area (Å²) in [5, 5.41) is 3.07. The van der Waals surface area contributed by atoms with E-state index in [1.54, 1.807) is 6.20 Å². The average Bonchev–Trinajstić information content (AvgIpc) is 3.40. The third-order valence-electron chi connectivity index (χ3n) is 6.72. The maximum absolute atomic E-state index is 12.7. The molecule has 1 amide bonds. The lowest BCUT2D eigenvalue weighted by atomic mass is 9.92. The molecule has 2 aliphatic carbocycles. The van der Waals surface area contributed by atoms with Crippen LogP contribution in [-0.4, -0.2) is 50.5 Å². The molecule has 0 radical (unpaired) electrons. The first kappa shape index (κ1) is 21.6. The summed E-state index contributed by atoms with van der Waals surface area (Å²) in [6.45, 7) is 2.94. The predicted molar refractivity (Wildman–Crippen MR) is 127 cm³/mol. The minimum Gasteiger partial charge on any atom is -0.354 e. The number of aromatic nitrogens is 5. The van der Waals surface area contributed by atoms with Gasteiger partial charge in [-0.15, -0.1) is 0 Å². The number of pyridine rings is 1. The van der Waals surface area contributed by atoms with Crippen molar-refractivity contribution in [2.75, 3.05) is 25.0 Å². The molecule has 3 aromatic heterocycles. The molecule has 8 heteroatoms. The van der Waals surface area contributed by atoms with Gasteiger partial charge < -0.3 is 14.8 Å². The Kier molecular flexibility index (Phi) is 6.07. The highest BCUT2D eigenvalue weighted by Crippen LogP contribution is 2.33. The normalized spacial score (nSPS) is 15.2. The zero-order chi connectivity index (χ0) is 22.8. The number of anilines is 1. The standard InChI is InChI=1S/C25H31N7O/c1-17-15-28-22(32(17)18-7-5-8-18)12-14-27-23(33)16-31(2)25-19-9-6-11-20(19)29-24(30-25)21-10-3-4-13-26-21/h3-4,10,13,15,18H,5-9,11-12,14,16H2,1-2H3,(H,27,33). The zero-order valence-corrected chi connectivity index (χ0v) is 19.4. The van der Waals surface area contributed by atoms with E-state index in [1.165, 1.54) is 25.0 Å². The van der Waals surface area contributed by atoms with Gasteiger partial charge in [-0.25, -0.2) is 15.0 Å². The number of rotatable bonds is 8. The number of amides is 1. The van der Waals surface area contributed by atoms with Gasteiger partial charge in [-0.1, -0.05) is 6.07 Å². The van der Waals surface area contributed by atoms with E-state index in [4.69, 9.17) is 9.97 Å². The van der Waals surface area contributed by atoms with Crippen LogP contribution >= 0.6 is 0 Å². The Balaban J connectivity index is 1.23. The molecule has 1 saturated carbocycles. The van der Waals surface area contributed by atoms with Crippen molar-refractivity contribution in [1.82, 2.24) is 29.8 Å². The Morgan fingerprint density at radius 1 is 1.18 bits per heavy atom. The van der Waals surface area contributed by atoms with Gasteiger partial charge >= 0.3 is 0 Å². The van der Waals surface area contributed by atoms with Gasteiger partial charge in [0.25, 0.3) is 0 Å². The lowest BCUT2D eigenvalue weighted by Crippen LogP contribution is -2.37. The number of carbonyl (C=O) groups is 1. The SMILES string of the molecule is Cc1cnc(CCNC(=O)CN(C)c2nc(-c3ccccn3)nc3c2CCC3)n1C1CCC1. The lowest BCUT2D eigenvalue weighted by Gasteiger charge is -2.29. The molecule has 0 unspecified atom stereocenters. The van der Waals surface area contributed by atoms with E-state index < -0.39 is 0 Å². The van der Waals surface area contributed by atoms with Crippen LogP contribution in [0.25, 0.3) is 11.5 Å². The van der Waals surface area contributed by atoms with Crippen molar-refractivity contribution in [3.05, 3.63) is 53.4 Å². The van der Waals surface area contributed by atoms with Gasteiger partial charge in [0.05, 0.1) is 6.54 Å². The molecule has 33 heavy (non-hydrogen) atoms. The number of hydrogen-bond acceptors (Lipinski definition) is 6. The van der Waals surface area contributed by atoms with Gasteiger partial charge in [0.1, 0.15) is 17.3 Å². The Morgan fingerprint density at radius 2 is 2.06 bits per heavy atom. The molecule has 1 N–H and O–H groups in total. The number of nitrogens with one attached hydrogen (secondary N) is 1. The van der Waals surface area contributed by atoms with Crippen molar-refractivity contribution >= 4 is 11.7 Å². The molecule has 172 valence electrons. The number of nitrogens with zero attached hydrogens (tertiary/aromatic N) is 6. The molecule has 8 nitrogen and oxygen atoms in total. The van der Waals surface area contributed by atoms with Crippen LogP contribution < -0.4 is 10.2 Å². The Labute approximate surface area is 194 Å². The zero-order valence-electron chi connectivity index (χ0n) is 19.4. The monoisotopic (exact) mass is 445 g/mol. The van der Waals surface area contributed by atoms with Crippen LogP contribution in [0.1, 0.15) is 54.5 Å². The summed E-state index contributed by atoms with van der Waals surface area (Å²) in [6.07, 6.45) is 11.1. The molecule has 2 aliphatic rings. The molecule has 0 saturated heterocycles. The van der Waals surface area contributed by atoms with E-state index >= 15 is 0 Å². The summed E-state index contributed by atoms with van der Waals surface area (Å²) in [4.78, 5) is 33.2. The van der Waals surface area contributed by atoms with Gasteiger partial charge in [0, 0.05) is 55.4 Å². The van der Waals surface area contributed by atoms with E-state index in [9.17, 15) is 4.79 Å². The first-order chi connectivity index (χ1) is 16.1. The van der Waals surface area contributed by atoms with Crippen LogP contribution in [-0.2, 0) is 24.1 Å². The van der Waals surface area contributed by atoms with Crippen molar-refractivity contribution in [3.8, 4) is 11.5 Å². The van der Waals surface area contributed by atoms with E-state index in [0.717, 1.165) is 54.3 Å². The predicted octanol–water partition coefficient (Wildman–Crippen LogP) is 3.05. The van der Waals surface area contributed by atoms with E-state index in [0.29, 0.717) is 18.4 Å². The molecule has 3 aromatic rings. The Bertz CT molecular complexity index is 1140. The molecule has 0 aromatic carbocycles. The van der Waals surface area contributed by atoms with Gasteiger partial charge in [0.2, 0.25) is 5.91 Å². The van der Waals surface area contributed by atoms with Gasteiger partial charge in [-0.3, -0.25) is 9.78 Å². The second-order valence-corrected chi connectivity index (χ2v) is 9.09. The van der Waals surface area contributed by atoms with Crippen molar-refractivity contribution in [1.29, 1.82) is 0 Å². The van der Waals surface area contributed by atoms with Crippen LogP contribution in [0.3, 0.4) is 0 Å². The van der Waals surface area contributed by atoms with Crippen molar-refractivity contribution in [2.24, 2.45) is 0 Å². The molecular formula is C25H31N7O. The van der Waals surface area contributed by atoms with E-state index in [2.05, 4.69) is 26.8 Å². The summed E-state index contributed by atoms with van der Waals surface area (Å²) in [7, 11) is 1.93. The van der Waals surface area contributed by atoms with Gasteiger partial charge in [0.15, 0.2) is 5.82 Å². The van der Waals surface area contributed by atoms with Crippen molar-refractivity contribution < 1.29 is 4.79 Å². The van der Waals surface area contributed by atoms with Crippen molar-refractivity contribution in [3.63, 3.8) is 0 Å². The van der Waals surface area contributed by atoms with Crippen molar-refractivity contribution in [2.45, 2.75) is 57.9 Å². The number of aryl methyl sites for hydroxylation is 2. The number of likely N-dealkylation sites (N-methyl/N-ethyl adjacent to an activating group) is 1. The van der Waals surface area contributed by atoms with Gasteiger partial charge in [-0.05, 0) is 57.6 Å². The third kappa shape index (κ3) is 4.47. The Hall–Kier alpha value is -3.29. The highest BCUT2D eigenvalue weighted by Gasteiger charge is 2.24. The van der Waals surface area contributed by atoms with Crippen LogP contribution in [0.15, 0.2) is 30.6 Å². The second-order valence-electron chi connectivity index (χ2n) is 9.09. The summed E-state index contributed by atoms with van der Waals surface area (Å²) in [6, 6.07) is 6.32. The topological polar surface area (TPSA) is 88.8 Å². The molecule has 1 fully saturated rings. The highest BCUT2D eigenvalue weighted by molar-refractivity contribution is 5.81. The van der Waals surface area contributed by atoms with Crippen LogP contribution in [0.5, 0.6) is 0 Å². The average molecular weight is 446 g/mol. The highest BCUT2D eigenvalue weighted by atomic mass is 16.2. The number of imidazole rings is 1. The summed E-state index contributed by atoms with van der Waals surface area (Å²) >= 11 is 0. The van der Waals surface area contributed by atoms with E-state index in [-0.39, 0.29) is 12.5 Å². The smallest absolute Gasteiger partial charge is 0.239 e. The lowest BCUT2D eigenvalue weighted by molar-refractivity contribution is -0.119. The second kappa shape index (κ2) is 9.29. The fourth-order valence-electron chi connectivity index (χ4n) is 4.82. The third-order valence-corrected chi connectivity index (χ3v) is 6.72. The number of fused-ring (bicyclic) bond motifs is 1. The van der Waals surface area contributed by atoms with Crippen LogP contribution in [0.4, 0.5) is 5.82 Å². The fourth-order valence-corrected chi connectivity index (χ4v) is 4.82. The number of carbonyl (C=O) groups excluding carboxylic acids is 1. The summed E-state index contributed by atoms with van der Waals surface area (Å²) < 4.78 is 2.35. The Morgan fingerprint density at radius 3 is 2.82 bits per heavy atom. The quantitative estimate of drug-likeness (QED) is 0.573. The maximum atomic E-state index is 12.7. The minimum atomic E-state index is -0.0132. The van der Waals surface area contributed by atoms with E-state index in [1.807, 2.05) is 36.3 Å². The van der Waals surface area contributed by atoms with Crippen LogP contribution in [0.2, 0.25) is 0 Å². The molecule has 5 rings (SSSR count). The molecule has 0 spiro atoms. The molecule has 0 bridgehead atoms. The molecular weight excluding hydrogens is 414 g/mol. The first-order valence-electron chi connectivity index (χ1n) is 11.9. The fraction of sp³-hybridized carbons (Fsp3) is 0.480. The summed E-state index contributed by atoms with van der Waals surface area (Å²) in [5.74, 6) is 2.52. The maximum Gasteiger partial charge on any atom is 0.239 e. The minimum absolute atomic E-state index is 0.0132. The molecule has 0 aliphatic heterocycles. The first-order valence-corrected chi connectivity index (χ1v) is 11.9. The number of hydrogen-bond donors (Lipinski definition) is 1. The van der Waals surface area contributed by atoms with Gasteiger partial charge in [-0.2, -0.15) is 0 Å². The molecule has 3 heterocycles. The summed E-state index contributed by atoms with van der Waals surface area (Å²) in [5.41, 5.74) is 4.19.